The van der Waals surface area contributed by atoms with Gasteiger partial charge in [-0.2, -0.15) is 0 Å². The maximum atomic E-state index is 5.94. The van der Waals surface area contributed by atoms with Crippen molar-refractivity contribution in [1.82, 2.24) is 10.2 Å². The lowest BCUT2D eigenvalue weighted by atomic mass is 10.1. The molecule has 6 heteroatoms. The van der Waals surface area contributed by atoms with Crippen molar-refractivity contribution >= 4 is 5.96 Å². The van der Waals surface area contributed by atoms with E-state index in [2.05, 4.69) is 53.3 Å². The minimum atomic E-state index is 0.254. The second-order valence-corrected chi connectivity index (χ2v) is 7.48. The molecule has 2 rings (SSSR count). The Hall–Kier alpha value is -1.63. The first-order valence-electron chi connectivity index (χ1n) is 10.4. The highest BCUT2D eigenvalue weighted by Gasteiger charge is 2.21. The van der Waals surface area contributed by atoms with E-state index >= 15 is 0 Å². The quantitative estimate of drug-likeness (QED) is 0.377. The fraction of sp³-hybridized carbons (Fsp3) is 0.682. The minimum Gasteiger partial charge on any atom is -0.385 e. The summed E-state index contributed by atoms with van der Waals surface area (Å²) in [7, 11) is 3.58. The summed E-state index contributed by atoms with van der Waals surface area (Å²) in [6, 6.07) is 8.57. The van der Waals surface area contributed by atoms with Gasteiger partial charge >= 0.3 is 0 Å². The lowest BCUT2D eigenvalue weighted by molar-refractivity contribution is 0.00989. The summed E-state index contributed by atoms with van der Waals surface area (Å²) in [5, 5.41) is 3.49. The van der Waals surface area contributed by atoms with E-state index in [1.807, 2.05) is 7.05 Å². The van der Waals surface area contributed by atoms with Crippen LogP contribution in [0.4, 0.5) is 0 Å². The van der Waals surface area contributed by atoms with Gasteiger partial charge in [0, 0.05) is 47.0 Å². The molecule has 0 aromatic heterocycles. The summed E-state index contributed by atoms with van der Waals surface area (Å²) >= 11 is 0. The van der Waals surface area contributed by atoms with Crippen molar-refractivity contribution in [1.29, 1.82) is 0 Å². The highest BCUT2D eigenvalue weighted by atomic mass is 16.5. The number of benzene rings is 1. The van der Waals surface area contributed by atoms with Crippen LogP contribution in [0.2, 0.25) is 0 Å². The van der Waals surface area contributed by atoms with Crippen LogP contribution in [0.25, 0.3) is 0 Å². The lowest BCUT2D eigenvalue weighted by Gasteiger charge is -2.34. The Morgan fingerprint density at radius 1 is 1.14 bits per heavy atom. The molecular weight excluding hydrogens is 354 g/mol. The molecule has 1 N–H and O–H groups in total. The standard InChI is InChI=1S/C22H37N3O3/c1-18(2)28-17-20-8-6-19(7-9-20)16-24-22(23-3)25-12-10-21(11-13-25)27-15-5-14-26-4/h6-9,18,21H,5,10-17H2,1-4H3,(H,23,24). The number of nitrogens with one attached hydrogen (secondary N) is 1. The highest BCUT2D eigenvalue weighted by Crippen LogP contribution is 2.14. The molecule has 0 aliphatic carbocycles. The van der Waals surface area contributed by atoms with Crippen molar-refractivity contribution in [2.24, 2.45) is 4.99 Å². The molecular formula is C22H37N3O3. The Morgan fingerprint density at radius 2 is 1.82 bits per heavy atom. The monoisotopic (exact) mass is 391 g/mol. The Balaban J connectivity index is 1.71. The number of guanidine groups is 1. The first-order valence-corrected chi connectivity index (χ1v) is 10.4. The van der Waals surface area contributed by atoms with Crippen LogP contribution in [0.1, 0.15) is 44.2 Å². The van der Waals surface area contributed by atoms with E-state index in [0.717, 1.165) is 58.1 Å². The molecule has 0 atom stereocenters. The molecule has 1 aromatic rings. The molecule has 1 heterocycles. The third-order valence-corrected chi connectivity index (χ3v) is 4.86. The SMILES string of the molecule is CN=C(NCc1ccc(COC(C)C)cc1)N1CCC(OCCCOC)CC1. The van der Waals surface area contributed by atoms with E-state index in [1.165, 1.54) is 11.1 Å². The van der Waals surface area contributed by atoms with Crippen molar-refractivity contribution in [3.8, 4) is 0 Å². The van der Waals surface area contributed by atoms with E-state index < -0.39 is 0 Å². The first kappa shape index (κ1) is 22.7. The molecule has 0 spiro atoms. The summed E-state index contributed by atoms with van der Waals surface area (Å²) in [6.45, 7) is 9.03. The van der Waals surface area contributed by atoms with Crippen LogP contribution in [0, 0.1) is 0 Å². The maximum Gasteiger partial charge on any atom is 0.193 e. The zero-order chi connectivity index (χ0) is 20.2. The van der Waals surface area contributed by atoms with E-state index in [4.69, 9.17) is 14.2 Å². The number of likely N-dealkylation sites (tertiary alicyclic amines) is 1. The molecule has 28 heavy (non-hydrogen) atoms. The van der Waals surface area contributed by atoms with Crippen molar-refractivity contribution in [3.63, 3.8) is 0 Å². The molecule has 0 radical (unpaired) electrons. The molecule has 6 nitrogen and oxygen atoms in total. The lowest BCUT2D eigenvalue weighted by Crippen LogP contribution is -2.46. The topological polar surface area (TPSA) is 55.3 Å². The van der Waals surface area contributed by atoms with Gasteiger partial charge in [0.2, 0.25) is 0 Å². The highest BCUT2D eigenvalue weighted by molar-refractivity contribution is 5.79. The maximum absolute atomic E-state index is 5.94. The van der Waals surface area contributed by atoms with Crippen LogP contribution >= 0.6 is 0 Å². The molecule has 0 amide bonds. The van der Waals surface area contributed by atoms with Crippen LogP contribution in [-0.4, -0.2) is 63.5 Å². The van der Waals surface area contributed by atoms with Crippen LogP contribution in [-0.2, 0) is 27.4 Å². The van der Waals surface area contributed by atoms with Crippen LogP contribution in [0.3, 0.4) is 0 Å². The van der Waals surface area contributed by atoms with E-state index in [9.17, 15) is 0 Å². The van der Waals surface area contributed by atoms with Gasteiger partial charge in [0.15, 0.2) is 5.96 Å². The minimum absolute atomic E-state index is 0.254. The predicted octanol–water partition coefficient (Wildman–Crippen LogP) is 3.20. The molecule has 1 aliphatic rings. The normalized spacial score (nSPS) is 16.0. The fourth-order valence-corrected chi connectivity index (χ4v) is 3.22. The summed E-state index contributed by atoms with van der Waals surface area (Å²) in [4.78, 5) is 6.78. The fourth-order valence-electron chi connectivity index (χ4n) is 3.22. The molecule has 0 saturated carbocycles. The van der Waals surface area contributed by atoms with Gasteiger partial charge in [-0.25, -0.2) is 0 Å². The van der Waals surface area contributed by atoms with Gasteiger partial charge in [-0.15, -0.1) is 0 Å². The third kappa shape index (κ3) is 8.17. The van der Waals surface area contributed by atoms with Crippen LogP contribution < -0.4 is 5.32 Å². The number of hydrogen-bond acceptors (Lipinski definition) is 4. The number of aliphatic imine (C=N–C) groups is 1. The molecule has 1 fully saturated rings. The third-order valence-electron chi connectivity index (χ3n) is 4.86. The number of methoxy groups -OCH3 is 1. The second-order valence-electron chi connectivity index (χ2n) is 7.48. The second kappa shape index (κ2) is 12.8. The average molecular weight is 392 g/mol. The van der Waals surface area contributed by atoms with Gasteiger partial charge in [-0.1, -0.05) is 24.3 Å². The number of piperidine rings is 1. The Morgan fingerprint density at radius 3 is 2.43 bits per heavy atom. The van der Waals surface area contributed by atoms with Crippen molar-refractivity contribution in [3.05, 3.63) is 35.4 Å². The number of nitrogens with zero attached hydrogens (tertiary/aromatic N) is 2. The zero-order valence-corrected chi connectivity index (χ0v) is 17.9. The van der Waals surface area contributed by atoms with Crippen molar-refractivity contribution < 1.29 is 14.2 Å². The summed E-state index contributed by atoms with van der Waals surface area (Å²) in [5.74, 6) is 0.963. The molecule has 1 saturated heterocycles. The van der Waals surface area contributed by atoms with Crippen LogP contribution in [0.5, 0.6) is 0 Å². The Bertz CT molecular complexity index is 567. The van der Waals surface area contributed by atoms with Gasteiger partial charge in [0.25, 0.3) is 0 Å². The average Bonchev–Trinajstić information content (AvgIpc) is 2.72. The van der Waals surface area contributed by atoms with E-state index in [0.29, 0.717) is 12.7 Å². The van der Waals surface area contributed by atoms with Gasteiger partial charge in [-0.3, -0.25) is 4.99 Å². The van der Waals surface area contributed by atoms with Gasteiger partial charge in [0.05, 0.1) is 18.8 Å². The van der Waals surface area contributed by atoms with E-state index in [-0.39, 0.29) is 6.10 Å². The number of rotatable bonds is 10. The summed E-state index contributed by atoms with van der Waals surface area (Å²) in [5.41, 5.74) is 2.44. The summed E-state index contributed by atoms with van der Waals surface area (Å²) in [6.07, 6.45) is 3.65. The Labute approximate surface area is 170 Å². The van der Waals surface area contributed by atoms with Gasteiger partial charge in [-0.05, 0) is 44.2 Å². The molecule has 158 valence electrons. The van der Waals surface area contributed by atoms with Crippen molar-refractivity contribution in [2.75, 3.05) is 40.5 Å². The van der Waals surface area contributed by atoms with Gasteiger partial charge in [0.1, 0.15) is 0 Å². The summed E-state index contributed by atoms with van der Waals surface area (Å²) < 4.78 is 16.7. The number of ether oxygens (including phenoxy) is 3. The first-order chi connectivity index (χ1) is 13.6. The zero-order valence-electron chi connectivity index (χ0n) is 17.9. The van der Waals surface area contributed by atoms with Crippen molar-refractivity contribution in [2.45, 2.75) is 58.5 Å². The predicted molar refractivity (Wildman–Crippen MR) is 114 cm³/mol. The molecule has 0 bridgehead atoms. The molecule has 1 aliphatic heterocycles. The largest absolute Gasteiger partial charge is 0.385 e. The Kier molecular flexibility index (Phi) is 10.3. The molecule has 0 unspecified atom stereocenters. The number of hydrogen-bond donors (Lipinski definition) is 1. The van der Waals surface area contributed by atoms with Gasteiger partial charge < -0.3 is 24.4 Å². The van der Waals surface area contributed by atoms with E-state index in [1.54, 1.807) is 7.11 Å². The van der Waals surface area contributed by atoms with Crippen LogP contribution in [0.15, 0.2) is 29.3 Å². The smallest absolute Gasteiger partial charge is 0.193 e. The molecule has 1 aromatic carbocycles.